The number of rotatable bonds is 7. The first kappa shape index (κ1) is 12.6. The standard InChI is InChI=1S/C13H20OS/c1-2-3-4-5-10-15-13-8-6-12(11-14)7-9-13/h6-9,14H,2-5,10-11H2,1H3. The SMILES string of the molecule is CCCCCCSc1ccc(CO)cc1. The average Bonchev–Trinajstić information content (AvgIpc) is 2.30. The van der Waals surface area contributed by atoms with E-state index in [4.69, 9.17) is 5.11 Å². The molecule has 84 valence electrons. The molecule has 0 saturated carbocycles. The molecule has 0 aromatic heterocycles. The van der Waals surface area contributed by atoms with Crippen molar-refractivity contribution in [2.45, 2.75) is 44.1 Å². The van der Waals surface area contributed by atoms with Crippen LogP contribution in [0, 0.1) is 0 Å². The maximum Gasteiger partial charge on any atom is 0.0681 e. The Morgan fingerprint density at radius 2 is 1.80 bits per heavy atom. The Bertz CT molecular complexity index is 256. The van der Waals surface area contributed by atoms with Crippen LogP contribution in [0.25, 0.3) is 0 Å². The van der Waals surface area contributed by atoms with Crippen molar-refractivity contribution < 1.29 is 5.11 Å². The van der Waals surface area contributed by atoms with Gasteiger partial charge >= 0.3 is 0 Å². The smallest absolute Gasteiger partial charge is 0.0681 e. The van der Waals surface area contributed by atoms with Crippen LogP contribution in [0.2, 0.25) is 0 Å². The molecule has 0 atom stereocenters. The Morgan fingerprint density at radius 1 is 1.07 bits per heavy atom. The van der Waals surface area contributed by atoms with E-state index in [-0.39, 0.29) is 6.61 Å². The van der Waals surface area contributed by atoms with Gasteiger partial charge in [0, 0.05) is 4.90 Å². The highest BCUT2D eigenvalue weighted by Crippen LogP contribution is 2.20. The van der Waals surface area contributed by atoms with Crippen molar-refractivity contribution in [3.63, 3.8) is 0 Å². The summed E-state index contributed by atoms with van der Waals surface area (Å²) in [5.41, 5.74) is 0.991. The highest BCUT2D eigenvalue weighted by Gasteiger charge is 1.95. The zero-order valence-electron chi connectivity index (χ0n) is 9.41. The van der Waals surface area contributed by atoms with Crippen molar-refractivity contribution in [2.24, 2.45) is 0 Å². The van der Waals surface area contributed by atoms with Crippen molar-refractivity contribution in [3.8, 4) is 0 Å². The van der Waals surface area contributed by atoms with Crippen LogP contribution in [0.3, 0.4) is 0 Å². The van der Waals surface area contributed by atoms with Crippen molar-refractivity contribution in [1.82, 2.24) is 0 Å². The third-order valence-corrected chi connectivity index (χ3v) is 3.47. The lowest BCUT2D eigenvalue weighted by Crippen LogP contribution is -1.83. The zero-order valence-corrected chi connectivity index (χ0v) is 10.2. The molecule has 0 amide bonds. The van der Waals surface area contributed by atoms with E-state index in [1.54, 1.807) is 0 Å². The Kier molecular flexibility index (Phi) is 6.53. The molecular formula is C13H20OS. The predicted octanol–water partition coefficient (Wildman–Crippen LogP) is 3.85. The fraction of sp³-hybridized carbons (Fsp3) is 0.538. The minimum atomic E-state index is 0.140. The molecule has 1 aromatic carbocycles. The minimum Gasteiger partial charge on any atom is -0.392 e. The first-order valence-corrected chi connectivity index (χ1v) is 6.68. The molecule has 0 aliphatic carbocycles. The van der Waals surface area contributed by atoms with Crippen LogP contribution in [0.1, 0.15) is 38.2 Å². The lowest BCUT2D eigenvalue weighted by Gasteiger charge is -2.02. The molecule has 0 spiro atoms. The van der Waals surface area contributed by atoms with E-state index in [9.17, 15) is 0 Å². The summed E-state index contributed by atoms with van der Waals surface area (Å²) < 4.78 is 0. The quantitative estimate of drug-likeness (QED) is 0.561. The fourth-order valence-electron chi connectivity index (χ4n) is 1.41. The summed E-state index contributed by atoms with van der Waals surface area (Å²) in [4.78, 5) is 1.31. The topological polar surface area (TPSA) is 20.2 Å². The van der Waals surface area contributed by atoms with Crippen molar-refractivity contribution in [1.29, 1.82) is 0 Å². The van der Waals surface area contributed by atoms with Crippen LogP contribution in [0.4, 0.5) is 0 Å². The molecule has 0 aliphatic heterocycles. The molecule has 0 unspecified atom stereocenters. The molecule has 0 aliphatic rings. The van der Waals surface area contributed by atoms with Gasteiger partial charge in [-0.2, -0.15) is 0 Å². The third-order valence-electron chi connectivity index (χ3n) is 2.37. The monoisotopic (exact) mass is 224 g/mol. The average molecular weight is 224 g/mol. The van der Waals surface area contributed by atoms with Crippen LogP contribution in [0.5, 0.6) is 0 Å². The molecule has 0 fully saturated rings. The lowest BCUT2D eigenvalue weighted by molar-refractivity contribution is 0.282. The Balaban J connectivity index is 2.20. The normalized spacial score (nSPS) is 10.5. The van der Waals surface area contributed by atoms with Gasteiger partial charge in [0.15, 0.2) is 0 Å². The number of unbranched alkanes of at least 4 members (excludes halogenated alkanes) is 3. The molecule has 15 heavy (non-hydrogen) atoms. The predicted molar refractivity (Wildman–Crippen MR) is 67.2 cm³/mol. The van der Waals surface area contributed by atoms with Crippen LogP contribution in [-0.2, 0) is 6.61 Å². The van der Waals surface area contributed by atoms with Gasteiger partial charge < -0.3 is 5.11 Å². The van der Waals surface area contributed by atoms with Gasteiger partial charge in [0.05, 0.1) is 6.61 Å². The summed E-state index contributed by atoms with van der Waals surface area (Å²) in [5.74, 6) is 1.21. The zero-order chi connectivity index (χ0) is 10.9. The van der Waals surface area contributed by atoms with Gasteiger partial charge in [0.1, 0.15) is 0 Å². The summed E-state index contributed by atoms with van der Waals surface area (Å²) in [5, 5.41) is 8.89. The summed E-state index contributed by atoms with van der Waals surface area (Å²) in [6.45, 7) is 2.38. The lowest BCUT2D eigenvalue weighted by atomic mass is 10.2. The van der Waals surface area contributed by atoms with E-state index in [1.165, 1.54) is 36.3 Å². The van der Waals surface area contributed by atoms with Crippen LogP contribution in [-0.4, -0.2) is 10.9 Å². The second kappa shape index (κ2) is 7.77. The van der Waals surface area contributed by atoms with Gasteiger partial charge in [-0.15, -0.1) is 11.8 Å². The molecule has 1 aromatic rings. The molecule has 2 heteroatoms. The van der Waals surface area contributed by atoms with E-state index in [0.29, 0.717) is 0 Å². The van der Waals surface area contributed by atoms with Crippen LogP contribution < -0.4 is 0 Å². The number of hydrogen-bond acceptors (Lipinski definition) is 2. The van der Waals surface area contributed by atoms with E-state index >= 15 is 0 Å². The molecule has 1 nitrogen and oxygen atoms in total. The summed E-state index contributed by atoms with van der Waals surface area (Å²) in [6, 6.07) is 8.18. The molecule has 0 heterocycles. The second-order valence-electron chi connectivity index (χ2n) is 3.71. The van der Waals surface area contributed by atoms with Gasteiger partial charge in [0.2, 0.25) is 0 Å². The number of benzene rings is 1. The number of aliphatic hydroxyl groups is 1. The number of thioether (sulfide) groups is 1. The fourth-order valence-corrected chi connectivity index (χ4v) is 2.32. The molecule has 0 radical (unpaired) electrons. The molecule has 1 rings (SSSR count). The van der Waals surface area contributed by atoms with Gasteiger partial charge in [-0.1, -0.05) is 38.3 Å². The number of aliphatic hydroxyl groups excluding tert-OH is 1. The van der Waals surface area contributed by atoms with E-state index in [2.05, 4.69) is 19.1 Å². The maximum absolute atomic E-state index is 8.89. The maximum atomic E-state index is 8.89. The van der Waals surface area contributed by atoms with E-state index in [1.807, 2.05) is 23.9 Å². The molecule has 1 N–H and O–H groups in total. The highest BCUT2D eigenvalue weighted by molar-refractivity contribution is 7.99. The van der Waals surface area contributed by atoms with Gasteiger partial charge in [0.25, 0.3) is 0 Å². The van der Waals surface area contributed by atoms with Gasteiger partial charge in [-0.05, 0) is 29.9 Å². The summed E-state index contributed by atoms with van der Waals surface area (Å²) >= 11 is 1.91. The second-order valence-corrected chi connectivity index (χ2v) is 4.88. The number of hydrogen-bond donors (Lipinski definition) is 1. The third kappa shape index (κ3) is 5.24. The van der Waals surface area contributed by atoms with Crippen molar-refractivity contribution >= 4 is 11.8 Å². The van der Waals surface area contributed by atoms with E-state index < -0.39 is 0 Å². The summed E-state index contributed by atoms with van der Waals surface area (Å²) in [6.07, 6.45) is 5.30. The molecular weight excluding hydrogens is 204 g/mol. The van der Waals surface area contributed by atoms with Gasteiger partial charge in [-0.3, -0.25) is 0 Å². The Hall–Kier alpha value is -0.470. The first-order valence-electron chi connectivity index (χ1n) is 5.69. The first-order chi connectivity index (χ1) is 7.36. The van der Waals surface area contributed by atoms with Crippen molar-refractivity contribution in [2.75, 3.05) is 5.75 Å². The summed E-state index contributed by atoms with van der Waals surface area (Å²) in [7, 11) is 0. The molecule has 0 bridgehead atoms. The Labute approximate surface area is 96.9 Å². The largest absolute Gasteiger partial charge is 0.392 e. The van der Waals surface area contributed by atoms with Crippen molar-refractivity contribution in [3.05, 3.63) is 29.8 Å². The van der Waals surface area contributed by atoms with Gasteiger partial charge in [-0.25, -0.2) is 0 Å². The highest BCUT2D eigenvalue weighted by atomic mass is 32.2. The van der Waals surface area contributed by atoms with Crippen LogP contribution in [0.15, 0.2) is 29.2 Å². The Morgan fingerprint density at radius 3 is 2.40 bits per heavy atom. The molecule has 0 saturated heterocycles. The van der Waals surface area contributed by atoms with E-state index in [0.717, 1.165) is 5.56 Å². The minimum absolute atomic E-state index is 0.140. The van der Waals surface area contributed by atoms with Crippen LogP contribution >= 0.6 is 11.8 Å².